The van der Waals surface area contributed by atoms with Crippen LogP contribution in [0.25, 0.3) is 0 Å². The number of hydrogen-bond donors (Lipinski definition) is 2. The molecule has 0 unspecified atom stereocenters. The summed E-state index contributed by atoms with van der Waals surface area (Å²) in [5, 5.41) is 0. The average molecular weight is 382 g/mol. The van der Waals surface area contributed by atoms with Gasteiger partial charge in [-0.1, -0.05) is 6.92 Å². The van der Waals surface area contributed by atoms with Gasteiger partial charge in [0.15, 0.2) is 17.3 Å². The van der Waals surface area contributed by atoms with Crippen LogP contribution in [0.1, 0.15) is 23.7 Å². The van der Waals surface area contributed by atoms with Crippen molar-refractivity contribution in [3.8, 4) is 0 Å². The van der Waals surface area contributed by atoms with E-state index in [2.05, 4.69) is 4.98 Å². The van der Waals surface area contributed by atoms with Gasteiger partial charge in [0.1, 0.15) is 5.82 Å². The molecule has 1 aromatic carbocycles. The first-order valence-corrected chi connectivity index (χ1v) is 8.20. The number of amides is 1. The number of carbonyl (C=O) groups is 1. The quantitative estimate of drug-likeness (QED) is 0.745. The van der Waals surface area contributed by atoms with E-state index < -0.39 is 28.8 Å². The van der Waals surface area contributed by atoms with Crippen LogP contribution in [0.15, 0.2) is 27.8 Å². The lowest BCUT2D eigenvalue weighted by Gasteiger charge is -2.24. The van der Waals surface area contributed by atoms with Crippen LogP contribution in [0, 0.1) is 11.6 Å². The molecule has 0 saturated carbocycles. The first-order valence-electron chi connectivity index (χ1n) is 8.20. The molecule has 0 fully saturated rings. The number of aromatic amines is 1. The van der Waals surface area contributed by atoms with E-state index in [1.807, 2.05) is 6.92 Å². The van der Waals surface area contributed by atoms with Gasteiger partial charge >= 0.3 is 5.69 Å². The van der Waals surface area contributed by atoms with Crippen molar-refractivity contribution < 1.29 is 18.3 Å². The molecule has 0 aliphatic heterocycles. The average Bonchev–Trinajstić information content (AvgIpc) is 2.63. The van der Waals surface area contributed by atoms with Crippen LogP contribution < -0.4 is 21.9 Å². The number of methoxy groups -OCH3 is 1. The van der Waals surface area contributed by atoms with Gasteiger partial charge in [-0.05, 0) is 24.6 Å². The Labute approximate surface area is 153 Å². The summed E-state index contributed by atoms with van der Waals surface area (Å²) in [7, 11) is 1.39. The predicted molar refractivity (Wildman–Crippen MR) is 95.9 cm³/mol. The summed E-state index contributed by atoms with van der Waals surface area (Å²) >= 11 is 0. The number of H-pyrrole nitrogens is 1. The van der Waals surface area contributed by atoms with Gasteiger partial charge in [-0.2, -0.15) is 0 Å². The molecule has 27 heavy (non-hydrogen) atoms. The zero-order valence-electron chi connectivity index (χ0n) is 14.9. The highest BCUT2D eigenvalue weighted by molar-refractivity contribution is 6.07. The van der Waals surface area contributed by atoms with Crippen molar-refractivity contribution in [3.63, 3.8) is 0 Å². The first-order chi connectivity index (χ1) is 12.8. The molecular formula is C17H20F2N4O4. The molecule has 3 N–H and O–H groups in total. The Balaban J connectivity index is 2.61. The monoisotopic (exact) mass is 382 g/mol. The molecule has 0 spiro atoms. The number of nitrogens with zero attached hydrogens (tertiary/aromatic N) is 2. The van der Waals surface area contributed by atoms with Crippen LogP contribution in [0.2, 0.25) is 0 Å². The van der Waals surface area contributed by atoms with Crippen LogP contribution >= 0.6 is 0 Å². The van der Waals surface area contributed by atoms with Crippen molar-refractivity contribution in [2.24, 2.45) is 0 Å². The second kappa shape index (κ2) is 8.58. The molecule has 1 amide bonds. The number of benzene rings is 1. The molecule has 1 aromatic heterocycles. The number of aromatic nitrogens is 2. The minimum atomic E-state index is -1.20. The fraction of sp³-hybridized carbons (Fsp3) is 0.353. The van der Waals surface area contributed by atoms with Crippen molar-refractivity contribution in [3.05, 3.63) is 56.2 Å². The van der Waals surface area contributed by atoms with E-state index in [1.165, 1.54) is 7.11 Å². The van der Waals surface area contributed by atoms with Crippen molar-refractivity contribution >= 4 is 17.4 Å². The highest BCUT2D eigenvalue weighted by atomic mass is 19.2. The Morgan fingerprint density at radius 3 is 2.59 bits per heavy atom. The molecule has 1 heterocycles. The number of ether oxygens (including phenoxy) is 1. The number of rotatable bonds is 7. The summed E-state index contributed by atoms with van der Waals surface area (Å²) in [5.41, 5.74) is 3.99. The van der Waals surface area contributed by atoms with Gasteiger partial charge in [-0.25, -0.2) is 13.6 Å². The minimum Gasteiger partial charge on any atom is -0.383 e. The molecule has 2 aromatic rings. The third-order valence-electron chi connectivity index (χ3n) is 3.86. The van der Waals surface area contributed by atoms with Crippen molar-refractivity contribution in [2.45, 2.75) is 19.9 Å². The molecule has 0 radical (unpaired) electrons. The summed E-state index contributed by atoms with van der Waals surface area (Å²) in [5.74, 6) is -3.29. The number of anilines is 2. The fourth-order valence-corrected chi connectivity index (χ4v) is 2.57. The lowest BCUT2D eigenvalue weighted by Crippen LogP contribution is -2.42. The van der Waals surface area contributed by atoms with E-state index in [0.717, 1.165) is 27.7 Å². The van der Waals surface area contributed by atoms with Crippen LogP contribution in [-0.4, -0.2) is 35.7 Å². The van der Waals surface area contributed by atoms with Crippen molar-refractivity contribution in [2.75, 3.05) is 30.9 Å². The summed E-state index contributed by atoms with van der Waals surface area (Å²) < 4.78 is 32.8. The maximum Gasteiger partial charge on any atom is 0.330 e. The third-order valence-corrected chi connectivity index (χ3v) is 3.86. The van der Waals surface area contributed by atoms with Gasteiger partial charge in [-0.15, -0.1) is 0 Å². The number of carbonyl (C=O) groups excluding carboxylic acids is 1. The third kappa shape index (κ3) is 4.22. The lowest BCUT2D eigenvalue weighted by molar-refractivity contribution is 0.0975. The number of halogens is 2. The molecule has 0 aliphatic rings. The maximum absolute atomic E-state index is 13.5. The maximum atomic E-state index is 13.5. The van der Waals surface area contributed by atoms with Gasteiger partial charge < -0.3 is 10.5 Å². The van der Waals surface area contributed by atoms with E-state index in [1.54, 1.807) is 0 Å². The summed E-state index contributed by atoms with van der Waals surface area (Å²) in [6.07, 6.45) is 0.560. The molecule has 2 rings (SSSR count). The Kier molecular flexibility index (Phi) is 6.45. The van der Waals surface area contributed by atoms with Gasteiger partial charge in [0.2, 0.25) is 0 Å². The summed E-state index contributed by atoms with van der Waals surface area (Å²) in [6, 6.07) is 2.62. The highest BCUT2D eigenvalue weighted by Gasteiger charge is 2.25. The van der Waals surface area contributed by atoms with Crippen molar-refractivity contribution in [1.29, 1.82) is 0 Å². The van der Waals surface area contributed by atoms with E-state index in [4.69, 9.17) is 10.5 Å². The number of nitrogens with one attached hydrogen (secondary N) is 1. The number of hydrogen-bond acceptors (Lipinski definition) is 5. The second-order valence-corrected chi connectivity index (χ2v) is 5.72. The molecule has 0 saturated heterocycles. The zero-order chi connectivity index (χ0) is 20.1. The zero-order valence-corrected chi connectivity index (χ0v) is 14.9. The number of nitrogens with two attached hydrogens (primary N) is 1. The molecule has 8 nitrogen and oxygen atoms in total. The van der Waals surface area contributed by atoms with E-state index in [9.17, 15) is 23.2 Å². The smallest absolute Gasteiger partial charge is 0.330 e. The van der Waals surface area contributed by atoms with Crippen LogP contribution in [0.5, 0.6) is 0 Å². The molecule has 0 aliphatic carbocycles. The summed E-state index contributed by atoms with van der Waals surface area (Å²) in [4.78, 5) is 40.3. The first kappa shape index (κ1) is 20.3. The summed E-state index contributed by atoms with van der Waals surface area (Å²) in [6.45, 7) is 1.99. The normalized spacial score (nSPS) is 10.8. The van der Waals surface area contributed by atoms with Crippen LogP contribution in [0.3, 0.4) is 0 Å². The van der Waals surface area contributed by atoms with Crippen molar-refractivity contribution in [1.82, 2.24) is 9.55 Å². The molecule has 0 atom stereocenters. The largest absolute Gasteiger partial charge is 0.383 e. The van der Waals surface area contributed by atoms with Gasteiger partial charge in [-0.3, -0.25) is 24.0 Å². The molecular weight excluding hydrogens is 362 g/mol. The lowest BCUT2D eigenvalue weighted by atomic mass is 10.1. The van der Waals surface area contributed by atoms with Crippen LogP contribution in [-0.2, 0) is 11.3 Å². The SMILES string of the molecule is CCCn1c(N)c(N(CCOC)C(=O)c2ccc(F)c(F)c2)c(=O)[nH]c1=O. The van der Waals surface area contributed by atoms with E-state index in [0.29, 0.717) is 6.42 Å². The standard InChI is InChI=1S/C17H20F2N4O4/c1-3-6-23-14(20)13(15(24)21-17(23)26)22(7-8-27-2)16(25)10-4-5-11(18)12(19)9-10/h4-5,9H,3,6-8,20H2,1-2H3,(H,21,24,26). The Hall–Kier alpha value is -3.01. The fourth-order valence-electron chi connectivity index (χ4n) is 2.57. The van der Waals surface area contributed by atoms with Gasteiger partial charge in [0, 0.05) is 25.8 Å². The predicted octanol–water partition coefficient (Wildman–Crippen LogP) is 1.10. The van der Waals surface area contributed by atoms with Crippen LogP contribution in [0.4, 0.5) is 20.3 Å². The highest BCUT2D eigenvalue weighted by Crippen LogP contribution is 2.20. The Bertz CT molecular complexity index is 955. The molecule has 0 bridgehead atoms. The molecule has 146 valence electrons. The van der Waals surface area contributed by atoms with E-state index in [-0.39, 0.29) is 36.8 Å². The van der Waals surface area contributed by atoms with E-state index >= 15 is 0 Å². The number of nitrogen functional groups attached to an aromatic ring is 1. The topological polar surface area (TPSA) is 110 Å². The Morgan fingerprint density at radius 2 is 2.00 bits per heavy atom. The second-order valence-electron chi connectivity index (χ2n) is 5.72. The van der Waals surface area contributed by atoms with Gasteiger partial charge in [0.05, 0.1) is 6.61 Å². The minimum absolute atomic E-state index is 0.0429. The Morgan fingerprint density at radius 1 is 1.30 bits per heavy atom. The van der Waals surface area contributed by atoms with Gasteiger partial charge in [0.25, 0.3) is 11.5 Å². The molecule has 10 heteroatoms.